The molecule has 0 bridgehead atoms. The Balaban J connectivity index is 2.52. The summed E-state index contributed by atoms with van der Waals surface area (Å²) in [4.78, 5) is 1.95. The first-order valence-electron chi connectivity index (χ1n) is 5.85. The molecule has 96 valence electrons. The summed E-state index contributed by atoms with van der Waals surface area (Å²) in [5.41, 5.74) is 5.21. The standard InChI is InChI=1S/C11H21F3N2/c1-8(2)6-16(10-3-4-10)7-9(5-15)11(12,13)14/h8-10H,3-7,15H2,1-2H3. The van der Waals surface area contributed by atoms with E-state index in [9.17, 15) is 13.2 Å². The molecule has 1 aliphatic rings. The molecule has 0 radical (unpaired) electrons. The van der Waals surface area contributed by atoms with E-state index < -0.39 is 12.1 Å². The first kappa shape index (κ1) is 13.8. The van der Waals surface area contributed by atoms with Crippen LogP contribution < -0.4 is 5.73 Å². The second-order valence-corrected chi connectivity index (χ2v) is 5.05. The lowest BCUT2D eigenvalue weighted by atomic mass is 10.1. The van der Waals surface area contributed by atoms with E-state index in [1.165, 1.54) is 0 Å². The summed E-state index contributed by atoms with van der Waals surface area (Å²) in [7, 11) is 0. The molecule has 2 nitrogen and oxygen atoms in total. The summed E-state index contributed by atoms with van der Waals surface area (Å²) < 4.78 is 37.8. The Labute approximate surface area is 95.0 Å². The number of hydrogen-bond donors (Lipinski definition) is 1. The maximum Gasteiger partial charge on any atom is 0.394 e. The fraction of sp³-hybridized carbons (Fsp3) is 1.00. The summed E-state index contributed by atoms with van der Waals surface area (Å²) in [6, 6.07) is 0.360. The average molecular weight is 238 g/mol. The maximum atomic E-state index is 12.6. The van der Waals surface area contributed by atoms with E-state index in [1.54, 1.807) is 0 Å². The van der Waals surface area contributed by atoms with E-state index in [4.69, 9.17) is 5.73 Å². The molecular formula is C11H21F3N2. The van der Waals surface area contributed by atoms with E-state index in [-0.39, 0.29) is 13.1 Å². The van der Waals surface area contributed by atoms with Gasteiger partial charge in [0.2, 0.25) is 0 Å². The molecule has 16 heavy (non-hydrogen) atoms. The molecule has 1 saturated carbocycles. The van der Waals surface area contributed by atoms with E-state index in [0.29, 0.717) is 12.0 Å². The molecule has 1 rings (SSSR count). The minimum atomic E-state index is -4.17. The smallest absolute Gasteiger partial charge is 0.330 e. The highest BCUT2D eigenvalue weighted by atomic mass is 19.4. The molecule has 1 fully saturated rings. The highest BCUT2D eigenvalue weighted by Gasteiger charge is 2.41. The predicted molar refractivity (Wildman–Crippen MR) is 58.0 cm³/mol. The molecule has 5 heteroatoms. The Kier molecular flexibility index (Phi) is 4.62. The van der Waals surface area contributed by atoms with Crippen molar-refractivity contribution in [1.29, 1.82) is 0 Å². The van der Waals surface area contributed by atoms with Gasteiger partial charge < -0.3 is 5.73 Å². The fourth-order valence-electron chi connectivity index (χ4n) is 1.88. The van der Waals surface area contributed by atoms with Crippen LogP contribution in [-0.2, 0) is 0 Å². The number of halogens is 3. The molecule has 2 N–H and O–H groups in total. The largest absolute Gasteiger partial charge is 0.394 e. The fourth-order valence-corrected chi connectivity index (χ4v) is 1.88. The van der Waals surface area contributed by atoms with Crippen molar-refractivity contribution in [2.24, 2.45) is 17.6 Å². The normalized spacial score (nSPS) is 19.5. The quantitative estimate of drug-likeness (QED) is 0.769. The minimum absolute atomic E-state index is 0.0584. The van der Waals surface area contributed by atoms with Gasteiger partial charge in [0.25, 0.3) is 0 Å². The first-order valence-corrected chi connectivity index (χ1v) is 5.85. The molecule has 1 aliphatic carbocycles. The van der Waals surface area contributed by atoms with Gasteiger partial charge in [-0.25, -0.2) is 0 Å². The Morgan fingerprint density at radius 1 is 1.25 bits per heavy atom. The van der Waals surface area contributed by atoms with Crippen molar-refractivity contribution in [3.8, 4) is 0 Å². The van der Waals surface area contributed by atoms with Crippen molar-refractivity contribution in [1.82, 2.24) is 4.90 Å². The van der Waals surface area contributed by atoms with Crippen molar-refractivity contribution < 1.29 is 13.2 Å². The predicted octanol–water partition coefficient (Wildman–Crippen LogP) is 2.24. The van der Waals surface area contributed by atoms with Crippen LogP contribution in [0, 0.1) is 11.8 Å². The third-order valence-corrected chi connectivity index (χ3v) is 2.87. The third-order valence-electron chi connectivity index (χ3n) is 2.87. The second kappa shape index (κ2) is 5.36. The van der Waals surface area contributed by atoms with Crippen molar-refractivity contribution >= 4 is 0 Å². The van der Waals surface area contributed by atoms with Gasteiger partial charge in [0.1, 0.15) is 0 Å². The van der Waals surface area contributed by atoms with Crippen LogP contribution in [0.15, 0.2) is 0 Å². The van der Waals surface area contributed by atoms with Crippen LogP contribution in [0.4, 0.5) is 13.2 Å². The van der Waals surface area contributed by atoms with Crippen molar-refractivity contribution in [2.45, 2.75) is 38.9 Å². The van der Waals surface area contributed by atoms with Gasteiger partial charge in [-0.3, -0.25) is 4.90 Å². The van der Waals surface area contributed by atoms with Crippen LogP contribution in [0.3, 0.4) is 0 Å². The van der Waals surface area contributed by atoms with Crippen LogP contribution in [-0.4, -0.2) is 36.8 Å². The summed E-state index contributed by atoms with van der Waals surface area (Å²) >= 11 is 0. The van der Waals surface area contributed by atoms with Crippen LogP contribution in [0.25, 0.3) is 0 Å². The molecule has 0 aromatic carbocycles. The topological polar surface area (TPSA) is 29.3 Å². The average Bonchev–Trinajstić information content (AvgIpc) is 2.92. The Bertz CT molecular complexity index is 212. The lowest BCUT2D eigenvalue weighted by Crippen LogP contribution is -2.43. The zero-order valence-corrected chi connectivity index (χ0v) is 9.93. The number of alkyl halides is 3. The van der Waals surface area contributed by atoms with Gasteiger partial charge in [-0.2, -0.15) is 13.2 Å². The number of nitrogens with two attached hydrogens (primary N) is 1. The Morgan fingerprint density at radius 2 is 1.81 bits per heavy atom. The van der Waals surface area contributed by atoms with Gasteiger partial charge >= 0.3 is 6.18 Å². The van der Waals surface area contributed by atoms with Crippen molar-refractivity contribution in [3.05, 3.63) is 0 Å². The Hall–Kier alpha value is -0.290. The molecule has 0 heterocycles. The Morgan fingerprint density at radius 3 is 2.12 bits per heavy atom. The zero-order valence-electron chi connectivity index (χ0n) is 9.93. The third kappa shape index (κ3) is 4.29. The molecule has 1 atom stereocenters. The van der Waals surface area contributed by atoms with E-state index in [2.05, 4.69) is 0 Å². The van der Waals surface area contributed by atoms with Gasteiger partial charge in [-0.1, -0.05) is 13.8 Å². The zero-order chi connectivity index (χ0) is 12.3. The molecule has 0 amide bonds. The summed E-state index contributed by atoms with van der Waals surface area (Å²) in [5.74, 6) is -0.987. The molecule has 0 spiro atoms. The van der Waals surface area contributed by atoms with Crippen LogP contribution in [0.2, 0.25) is 0 Å². The summed E-state index contributed by atoms with van der Waals surface area (Å²) in [5, 5.41) is 0. The van der Waals surface area contributed by atoms with E-state index in [0.717, 1.165) is 19.4 Å². The van der Waals surface area contributed by atoms with Crippen LogP contribution >= 0.6 is 0 Å². The van der Waals surface area contributed by atoms with Crippen molar-refractivity contribution in [2.75, 3.05) is 19.6 Å². The summed E-state index contributed by atoms with van der Waals surface area (Å²) in [6.07, 6.45) is -2.11. The molecule has 0 aromatic heterocycles. The monoisotopic (exact) mass is 238 g/mol. The van der Waals surface area contributed by atoms with Gasteiger partial charge in [0.05, 0.1) is 5.92 Å². The molecule has 0 saturated heterocycles. The van der Waals surface area contributed by atoms with Crippen molar-refractivity contribution in [3.63, 3.8) is 0 Å². The summed E-state index contributed by atoms with van der Waals surface area (Å²) in [6.45, 7) is 4.53. The van der Waals surface area contributed by atoms with E-state index >= 15 is 0 Å². The number of nitrogens with zero attached hydrogens (tertiary/aromatic N) is 1. The highest BCUT2D eigenvalue weighted by Crippen LogP contribution is 2.32. The molecule has 0 aliphatic heterocycles. The highest BCUT2D eigenvalue weighted by molar-refractivity contribution is 4.87. The molecule has 0 aromatic rings. The van der Waals surface area contributed by atoms with Gasteiger partial charge in [0.15, 0.2) is 0 Å². The number of hydrogen-bond acceptors (Lipinski definition) is 2. The lowest BCUT2D eigenvalue weighted by Gasteiger charge is -2.29. The van der Waals surface area contributed by atoms with Gasteiger partial charge in [0, 0.05) is 25.7 Å². The van der Waals surface area contributed by atoms with Gasteiger partial charge in [-0.05, 0) is 18.8 Å². The maximum absolute atomic E-state index is 12.6. The van der Waals surface area contributed by atoms with E-state index in [1.807, 2.05) is 18.7 Å². The second-order valence-electron chi connectivity index (χ2n) is 5.05. The van der Waals surface area contributed by atoms with Crippen LogP contribution in [0.1, 0.15) is 26.7 Å². The SMILES string of the molecule is CC(C)CN(CC(CN)C(F)(F)F)C1CC1. The number of rotatable bonds is 6. The minimum Gasteiger partial charge on any atom is -0.330 e. The molecular weight excluding hydrogens is 217 g/mol. The molecule has 1 unspecified atom stereocenters. The first-order chi connectivity index (χ1) is 7.34. The van der Waals surface area contributed by atoms with Crippen LogP contribution in [0.5, 0.6) is 0 Å². The van der Waals surface area contributed by atoms with Gasteiger partial charge in [-0.15, -0.1) is 0 Å². The lowest BCUT2D eigenvalue weighted by molar-refractivity contribution is -0.176.